The van der Waals surface area contributed by atoms with Crippen molar-refractivity contribution in [3.05, 3.63) is 24.3 Å². The molecule has 2 saturated heterocycles. The van der Waals surface area contributed by atoms with Crippen molar-refractivity contribution in [2.45, 2.75) is 94.9 Å². The first kappa shape index (κ1) is 20.2. The van der Waals surface area contributed by atoms with Crippen LogP contribution < -0.4 is 5.32 Å². The van der Waals surface area contributed by atoms with Crippen LogP contribution in [-0.4, -0.2) is 46.9 Å². The summed E-state index contributed by atoms with van der Waals surface area (Å²) in [6.45, 7) is 2.22. The fourth-order valence-corrected chi connectivity index (χ4v) is 3.99. The molecule has 2 heterocycles. The SMILES string of the molecule is CCCCCCCCC/C=C/C(=O)N[C@H]1C[C@@]2(O[C@H]1O)C(=O)C=C[C@@H]1O[C@@H]12. The number of aliphatic hydroxyl groups is 1. The van der Waals surface area contributed by atoms with E-state index in [1.807, 2.05) is 6.08 Å². The zero-order chi connectivity index (χ0) is 19.3. The maximum Gasteiger partial charge on any atom is 0.244 e. The third-order valence-corrected chi connectivity index (χ3v) is 5.61. The topological polar surface area (TPSA) is 88.2 Å². The van der Waals surface area contributed by atoms with E-state index in [1.165, 1.54) is 50.7 Å². The van der Waals surface area contributed by atoms with Crippen molar-refractivity contribution >= 4 is 11.7 Å². The first-order chi connectivity index (χ1) is 13.1. The maximum absolute atomic E-state index is 12.3. The lowest BCUT2D eigenvalue weighted by atomic mass is 9.84. The third-order valence-electron chi connectivity index (χ3n) is 5.61. The van der Waals surface area contributed by atoms with Gasteiger partial charge in [-0.2, -0.15) is 0 Å². The molecule has 2 aliphatic heterocycles. The number of amides is 1. The summed E-state index contributed by atoms with van der Waals surface area (Å²) < 4.78 is 11.0. The molecule has 1 aliphatic carbocycles. The van der Waals surface area contributed by atoms with Crippen LogP contribution in [0.25, 0.3) is 0 Å². The molecule has 0 aromatic carbocycles. The molecular weight excluding hydrogens is 346 g/mol. The number of hydrogen-bond donors (Lipinski definition) is 2. The van der Waals surface area contributed by atoms with Gasteiger partial charge < -0.3 is 19.9 Å². The van der Waals surface area contributed by atoms with E-state index in [-0.39, 0.29) is 30.3 Å². The van der Waals surface area contributed by atoms with Gasteiger partial charge in [-0.25, -0.2) is 0 Å². The van der Waals surface area contributed by atoms with E-state index in [9.17, 15) is 14.7 Å². The summed E-state index contributed by atoms with van der Waals surface area (Å²) in [7, 11) is 0. The molecule has 0 saturated carbocycles. The molecule has 1 amide bonds. The Morgan fingerprint density at radius 1 is 1.30 bits per heavy atom. The van der Waals surface area contributed by atoms with E-state index in [4.69, 9.17) is 9.47 Å². The van der Waals surface area contributed by atoms with Gasteiger partial charge in [0, 0.05) is 6.42 Å². The zero-order valence-electron chi connectivity index (χ0n) is 16.1. The average molecular weight is 377 g/mol. The van der Waals surface area contributed by atoms with E-state index < -0.39 is 17.9 Å². The number of fused-ring (bicyclic) bond motifs is 2. The Kier molecular flexibility index (Phi) is 6.84. The number of nitrogens with one attached hydrogen (secondary N) is 1. The lowest BCUT2D eigenvalue weighted by Gasteiger charge is -2.25. The van der Waals surface area contributed by atoms with Gasteiger partial charge in [0.2, 0.25) is 5.91 Å². The highest BCUT2D eigenvalue weighted by Gasteiger charge is 2.65. The summed E-state index contributed by atoms with van der Waals surface area (Å²) in [5.41, 5.74) is -1.15. The van der Waals surface area contributed by atoms with Gasteiger partial charge in [0.1, 0.15) is 12.2 Å². The van der Waals surface area contributed by atoms with Crippen LogP contribution >= 0.6 is 0 Å². The number of hydrogen-bond acceptors (Lipinski definition) is 5. The molecule has 3 aliphatic rings. The van der Waals surface area contributed by atoms with E-state index >= 15 is 0 Å². The van der Waals surface area contributed by atoms with Crippen LogP contribution in [0.1, 0.15) is 64.7 Å². The summed E-state index contributed by atoms with van der Waals surface area (Å²) in [4.78, 5) is 24.4. The van der Waals surface area contributed by atoms with E-state index in [2.05, 4.69) is 12.2 Å². The average Bonchev–Trinajstić information content (AvgIpc) is 3.37. The molecule has 150 valence electrons. The molecule has 0 aromatic heterocycles. The molecule has 6 nitrogen and oxygen atoms in total. The smallest absolute Gasteiger partial charge is 0.244 e. The van der Waals surface area contributed by atoms with Gasteiger partial charge in [-0.3, -0.25) is 9.59 Å². The van der Waals surface area contributed by atoms with Gasteiger partial charge >= 0.3 is 0 Å². The van der Waals surface area contributed by atoms with Gasteiger partial charge in [-0.1, -0.05) is 51.5 Å². The number of epoxide rings is 1. The zero-order valence-corrected chi connectivity index (χ0v) is 16.1. The molecule has 0 unspecified atom stereocenters. The minimum absolute atomic E-state index is 0.119. The summed E-state index contributed by atoms with van der Waals surface area (Å²) in [5.74, 6) is -0.471. The molecular formula is C21H31NO5. The van der Waals surface area contributed by atoms with Gasteiger partial charge in [-0.15, -0.1) is 0 Å². The molecule has 2 fully saturated rings. The lowest BCUT2D eigenvalue weighted by Crippen LogP contribution is -2.46. The monoisotopic (exact) mass is 377 g/mol. The first-order valence-corrected chi connectivity index (χ1v) is 10.3. The van der Waals surface area contributed by atoms with E-state index in [1.54, 1.807) is 6.08 Å². The van der Waals surface area contributed by atoms with Gasteiger partial charge in [0.25, 0.3) is 0 Å². The Labute approximate surface area is 161 Å². The summed E-state index contributed by atoms with van der Waals surface area (Å²) >= 11 is 0. The van der Waals surface area contributed by atoms with E-state index in [0.717, 1.165) is 12.8 Å². The summed E-state index contributed by atoms with van der Waals surface area (Å²) in [6, 6.07) is -0.610. The molecule has 3 rings (SSSR count). The van der Waals surface area contributed by atoms with Crippen LogP contribution in [0, 0.1) is 0 Å². The highest BCUT2D eigenvalue weighted by atomic mass is 16.7. The predicted molar refractivity (Wildman–Crippen MR) is 101 cm³/mol. The van der Waals surface area contributed by atoms with Crippen LogP contribution in [0.3, 0.4) is 0 Å². The number of ketones is 1. The highest BCUT2D eigenvalue weighted by Crippen LogP contribution is 2.47. The molecule has 5 atom stereocenters. The van der Waals surface area contributed by atoms with Crippen molar-refractivity contribution in [2.24, 2.45) is 0 Å². The number of rotatable bonds is 10. The maximum atomic E-state index is 12.3. The fourth-order valence-electron chi connectivity index (χ4n) is 3.99. The van der Waals surface area contributed by atoms with Gasteiger partial charge in [0.05, 0.1) is 6.04 Å². The Morgan fingerprint density at radius 3 is 2.81 bits per heavy atom. The predicted octanol–water partition coefficient (Wildman–Crippen LogP) is 2.55. The lowest BCUT2D eigenvalue weighted by molar-refractivity contribution is -0.166. The minimum atomic E-state index is -1.20. The number of aliphatic hydroxyl groups excluding tert-OH is 1. The first-order valence-electron chi connectivity index (χ1n) is 10.3. The third kappa shape index (κ3) is 4.86. The Bertz CT molecular complexity index is 601. The second-order valence-electron chi connectivity index (χ2n) is 7.77. The molecule has 2 N–H and O–H groups in total. The molecule has 27 heavy (non-hydrogen) atoms. The molecule has 0 aromatic rings. The summed E-state index contributed by atoms with van der Waals surface area (Å²) in [6.07, 6.45) is 14.7. The normalized spacial score (nSPS) is 34.4. The van der Waals surface area contributed by atoms with Crippen molar-refractivity contribution in [3.63, 3.8) is 0 Å². The number of ether oxygens (including phenoxy) is 2. The van der Waals surface area contributed by atoms with Crippen LogP contribution in [0.4, 0.5) is 0 Å². The van der Waals surface area contributed by atoms with Crippen molar-refractivity contribution in [1.29, 1.82) is 0 Å². The largest absolute Gasteiger partial charge is 0.366 e. The second kappa shape index (κ2) is 9.13. The molecule has 0 bridgehead atoms. The Hall–Kier alpha value is -1.50. The minimum Gasteiger partial charge on any atom is -0.366 e. The fraction of sp³-hybridized carbons (Fsp3) is 0.714. The van der Waals surface area contributed by atoms with Crippen molar-refractivity contribution < 1.29 is 24.2 Å². The van der Waals surface area contributed by atoms with Gasteiger partial charge in [-0.05, 0) is 31.1 Å². The van der Waals surface area contributed by atoms with Crippen molar-refractivity contribution in [2.75, 3.05) is 0 Å². The van der Waals surface area contributed by atoms with Gasteiger partial charge in [0.15, 0.2) is 17.7 Å². The van der Waals surface area contributed by atoms with E-state index in [0.29, 0.717) is 0 Å². The van der Waals surface area contributed by atoms with Crippen LogP contribution in [0.2, 0.25) is 0 Å². The summed E-state index contributed by atoms with van der Waals surface area (Å²) in [5, 5.41) is 12.9. The molecule has 1 spiro atoms. The molecule has 0 radical (unpaired) electrons. The van der Waals surface area contributed by atoms with Crippen molar-refractivity contribution in [1.82, 2.24) is 5.32 Å². The highest BCUT2D eigenvalue weighted by molar-refractivity contribution is 6.00. The number of carbonyl (C=O) groups excluding carboxylic acids is 2. The molecule has 6 heteroatoms. The van der Waals surface area contributed by atoms with Crippen LogP contribution in [0.15, 0.2) is 24.3 Å². The Balaban J connectivity index is 1.36. The van der Waals surface area contributed by atoms with Crippen molar-refractivity contribution in [3.8, 4) is 0 Å². The van der Waals surface area contributed by atoms with Crippen LogP contribution in [0.5, 0.6) is 0 Å². The standard InChI is InChI=1S/C21H31NO5/c1-2-3-4-5-6-7-8-9-10-11-18(24)22-15-14-21(27-20(15)25)17(23)13-12-16-19(21)26-16/h10-13,15-16,19-20,25H,2-9,14H2,1H3,(H,22,24)/b11-10+/t15-,16-,19-,20+,21+/m0/s1. The quantitative estimate of drug-likeness (QED) is 0.347. The number of carbonyl (C=O) groups is 2. The number of unbranched alkanes of at least 4 members (excludes halogenated alkanes) is 7. The second-order valence-corrected chi connectivity index (χ2v) is 7.77. The Morgan fingerprint density at radius 2 is 2.04 bits per heavy atom. The number of allylic oxidation sites excluding steroid dienone is 1. The van der Waals surface area contributed by atoms with Crippen LogP contribution in [-0.2, 0) is 19.1 Å².